The zero-order chi connectivity index (χ0) is 15.6. The molecule has 1 aromatic carbocycles. The Morgan fingerprint density at radius 1 is 1.36 bits per heavy atom. The normalized spacial score (nSPS) is 20.8. The molecule has 2 N–H and O–H groups in total. The van der Waals surface area contributed by atoms with Crippen molar-refractivity contribution in [3.8, 4) is 0 Å². The molecule has 0 bridgehead atoms. The summed E-state index contributed by atoms with van der Waals surface area (Å²) >= 11 is 0. The van der Waals surface area contributed by atoms with E-state index in [0.717, 1.165) is 25.7 Å². The van der Waals surface area contributed by atoms with Crippen LogP contribution in [0.1, 0.15) is 37.7 Å². The maximum absolute atomic E-state index is 12.2. The van der Waals surface area contributed by atoms with Gasteiger partial charge in [-0.05, 0) is 37.2 Å². The van der Waals surface area contributed by atoms with Crippen molar-refractivity contribution in [3.05, 3.63) is 35.9 Å². The number of aliphatic hydroxyl groups is 1. The molecule has 0 spiro atoms. The molecular formula is C18H26N2O2. The van der Waals surface area contributed by atoms with E-state index < -0.39 is 0 Å². The highest BCUT2D eigenvalue weighted by molar-refractivity contribution is 5.74. The van der Waals surface area contributed by atoms with Gasteiger partial charge < -0.3 is 15.3 Å². The molecule has 0 saturated heterocycles. The molecule has 0 heterocycles. The molecule has 2 aliphatic carbocycles. The zero-order valence-electron chi connectivity index (χ0n) is 13.3. The molecule has 4 nitrogen and oxygen atoms in total. The number of hydrogen-bond donors (Lipinski definition) is 2. The third-order valence-corrected chi connectivity index (χ3v) is 5.25. The smallest absolute Gasteiger partial charge is 0.317 e. The number of nitrogens with one attached hydrogen (secondary N) is 1. The molecule has 120 valence electrons. The number of amides is 2. The van der Waals surface area contributed by atoms with Gasteiger partial charge in [-0.25, -0.2) is 4.79 Å². The van der Waals surface area contributed by atoms with Crippen molar-refractivity contribution < 1.29 is 9.90 Å². The van der Waals surface area contributed by atoms with Gasteiger partial charge in [0.2, 0.25) is 0 Å². The topological polar surface area (TPSA) is 52.6 Å². The molecule has 3 rings (SSSR count). The summed E-state index contributed by atoms with van der Waals surface area (Å²) in [5.74, 6) is 0.401. The Hall–Kier alpha value is -1.55. The summed E-state index contributed by atoms with van der Waals surface area (Å²) in [6.45, 7) is 1.11. The first-order chi connectivity index (χ1) is 10.6. The average Bonchev–Trinajstić information content (AvgIpc) is 3.31. The van der Waals surface area contributed by atoms with E-state index >= 15 is 0 Å². The van der Waals surface area contributed by atoms with Gasteiger partial charge in [0.1, 0.15) is 0 Å². The zero-order valence-corrected chi connectivity index (χ0v) is 13.3. The lowest BCUT2D eigenvalue weighted by atomic mass is 9.64. The van der Waals surface area contributed by atoms with Crippen molar-refractivity contribution in [2.45, 2.75) is 43.6 Å². The van der Waals surface area contributed by atoms with Crippen LogP contribution in [-0.4, -0.2) is 42.3 Å². The molecule has 22 heavy (non-hydrogen) atoms. The molecule has 2 saturated carbocycles. The number of urea groups is 1. The highest BCUT2D eigenvalue weighted by Crippen LogP contribution is 2.43. The largest absolute Gasteiger partial charge is 0.391 e. The number of nitrogens with zero attached hydrogens (tertiary/aromatic N) is 1. The van der Waals surface area contributed by atoms with E-state index in [9.17, 15) is 9.90 Å². The summed E-state index contributed by atoms with van der Waals surface area (Å²) in [6.07, 6.45) is 5.29. The van der Waals surface area contributed by atoms with E-state index in [4.69, 9.17) is 0 Å². The minimum Gasteiger partial charge on any atom is -0.391 e. The van der Waals surface area contributed by atoms with Crippen LogP contribution in [0.3, 0.4) is 0 Å². The quantitative estimate of drug-likeness (QED) is 0.848. The van der Waals surface area contributed by atoms with Crippen molar-refractivity contribution in [2.24, 2.45) is 5.92 Å². The van der Waals surface area contributed by atoms with Crippen LogP contribution in [-0.2, 0) is 5.41 Å². The van der Waals surface area contributed by atoms with Gasteiger partial charge in [-0.15, -0.1) is 0 Å². The third-order valence-electron chi connectivity index (χ3n) is 5.25. The Bertz CT molecular complexity index is 509. The van der Waals surface area contributed by atoms with Crippen molar-refractivity contribution in [1.82, 2.24) is 10.2 Å². The van der Waals surface area contributed by atoms with E-state index in [1.807, 2.05) is 6.07 Å². The molecule has 1 aromatic rings. The summed E-state index contributed by atoms with van der Waals surface area (Å²) in [5.41, 5.74) is 1.43. The van der Waals surface area contributed by atoms with Gasteiger partial charge in [-0.1, -0.05) is 36.8 Å². The summed E-state index contributed by atoms with van der Waals surface area (Å²) in [7, 11) is 1.76. The lowest BCUT2D eigenvalue weighted by Crippen LogP contribution is -2.49. The van der Waals surface area contributed by atoms with Gasteiger partial charge in [0.25, 0.3) is 0 Å². The predicted octanol–water partition coefficient (Wildman–Crippen LogP) is 2.52. The van der Waals surface area contributed by atoms with Crippen LogP contribution >= 0.6 is 0 Å². The first kappa shape index (κ1) is 15.3. The summed E-state index contributed by atoms with van der Waals surface area (Å²) < 4.78 is 0. The number of carbonyl (C=O) groups is 1. The predicted molar refractivity (Wildman–Crippen MR) is 86.7 cm³/mol. The van der Waals surface area contributed by atoms with Gasteiger partial charge in [-0.2, -0.15) is 0 Å². The van der Waals surface area contributed by atoms with Gasteiger partial charge in [-0.3, -0.25) is 0 Å². The average molecular weight is 302 g/mol. The summed E-state index contributed by atoms with van der Waals surface area (Å²) in [5, 5.41) is 13.0. The van der Waals surface area contributed by atoms with E-state index in [-0.39, 0.29) is 17.6 Å². The van der Waals surface area contributed by atoms with Gasteiger partial charge in [0, 0.05) is 25.6 Å². The molecule has 4 heteroatoms. The van der Waals surface area contributed by atoms with Crippen LogP contribution in [0.5, 0.6) is 0 Å². The van der Waals surface area contributed by atoms with Crippen LogP contribution in [0.4, 0.5) is 4.79 Å². The molecule has 0 aromatic heterocycles. The molecule has 2 aliphatic rings. The number of benzene rings is 1. The van der Waals surface area contributed by atoms with Crippen LogP contribution < -0.4 is 5.32 Å². The van der Waals surface area contributed by atoms with Gasteiger partial charge in [0.05, 0.1) is 6.10 Å². The lowest BCUT2D eigenvalue weighted by molar-refractivity contribution is 0.112. The number of likely N-dealkylation sites (N-methyl/N-ethyl adjacent to an activating group) is 1. The Morgan fingerprint density at radius 2 is 2.05 bits per heavy atom. The first-order valence-electron chi connectivity index (χ1n) is 8.33. The third kappa shape index (κ3) is 3.27. The molecule has 1 atom stereocenters. The minimum atomic E-state index is -0.373. The molecule has 2 amide bonds. The second-order valence-electron chi connectivity index (χ2n) is 6.94. The van der Waals surface area contributed by atoms with E-state index in [1.165, 1.54) is 12.0 Å². The van der Waals surface area contributed by atoms with Crippen LogP contribution in [0.2, 0.25) is 0 Å². The molecule has 2 fully saturated rings. The molecule has 0 radical (unpaired) electrons. The first-order valence-corrected chi connectivity index (χ1v) is 8.33. The van der Waals surface area contributed by atoms with Crippen molar-refractivity contribution in [1.29, 1.82) is 0 Å². The minimum absolute atomic E-state index is 0.0816. The Morgan fingerprint density at radius 3 is 2.59 bits per heavy atom. The molecular weight excluding hydrogens is 276 g/mol. The number of carbonyl (C=O) groups excluding carboxylic acids is 1. The highest BCUT2D eigenvalue weighted by atomic mass is 16.3. The van der Waals surface area contributed by atoms with Crippen molar-refractivity contribution >= 4 is 6.03 Å². The van der Waals surface area contributed by atoms with Crippen molar-refractivity contribution in [2.75, 3.05) is 20.1 Å². The standard InChI is InChI=1S/C18H26N2O2/c1-20(12-16(21)14-8-9-14)17(22)19-13-18(10-5-11-18)15-6-3-2-4-7-15/h2-4,6-7,14,16,21H,5,8-13H2,1H3,(H,19,22)/t16-/m1/s1. The molecule has 0 unspecified atom stereocenters. The van der Waals surface area contributed by atoms with E-state index in [2.05, 4.69) is 29.6 Å². The maximum atomic E-state index is 12.2. The second-order valence-corrected chi connectivity index (χ2v) is 6.94. The second kappa shape index (κ2) is 6.29. The number of rotatable bonds is 6. The van der Waals surface area contributed by atoms with E-state index in [0.29, 0.717) is 19.0 Å². The van der Waals surface area contributed by atoms with Crippen LogP contribution in [0.25, 0.3) is 0 Å². The van der Waals surface area contributed by atoms with E-state index in [1.54, 1.807) is 11.9 Å². The fraction of sp³-hybridized carbons (Fsp3) is 0.611. The van der Waals surface area contributed by atoms with Crippen molar-refractivity contribution in [3.63, 3.8) is 0 Å². The fourth-order valence-corrected chi connectivity index (χ4v) is 3.34. The summed E-state index contributed by atoms with van der Waals surface area (Å²) in [6, 6.07) is 10.4. The summed E-state index contributed by atoms with van der Waals surface area (Å²) in [4.78, 5) is 13.9. The van der Waals surface area contributed by atoms with Gasteiger partial charge >= 0.3 is 6.03 Å². The Kier molecular flexibility index (Phi) is 4.39. The monoisotopic (exact) mass is 302 g/mol. The number of aliphatic hydroxyl groups excluding tert-OH is 1. The van der Waals surface area contributed by atoms with Crippen LogP contribution in [0, 0.1) is 5.92 Å². The SMILES string of the molecule is CN(C[C@@H](O)C1CC1)C(=O)NCC1(c2ccccc2)CCC1. The number of hydrogen-bond acceptors (Lipinski definition) is 2. The maximum Gasteiger partial charge on any atom is 0.317 e. The lowest BCUT2D eigenvalue weighted by Gasteiger charge is -2.43. The molecule has 0 aliphatic heterocycles. The Labute approximate surface area is 132 Å². The van der Waals surface area contributed by atoms with Gasteiger partial charge in [0.15, 0.2) is 0 Å². The Balaban J connectivity index is 1.53. The fourth-order valence-electron chi connectivity index (χ4n) is 3.34. The van der Waals surface area contributed by atoms with Crippen LogP contribution in [0.15, 0.2) is 30.3 Å². The highest BCUT2D eigenvalue weighted by Gasteiger charge is 2.39.